The van der Waals surface area contributed by atoms with E-state index in [0.717, 1.165) is 0 Å². The first-order chi connectivity index (χ1) is 11.0. The number of hydrogen-bond donors (Lipinski definition) is 0. The number of aromatic nitrogens is 1. The quantitative estimate of drug-likeness (QED) is 0.454. The second-order valence-corrected chi connectivity index (χ2v) is 5.20. The summed E-state index contributed by atoms with van der Waals surface area (Å²) in [4.78, 5) is 16.1. The van der Waals surface area contributed by atoms with Crippen molar-refractivity contribution in [1.29, 1.82) is 0 Å². The van der Waals surface area contributed by atoms with Gasteiger partial charge in [0.05, 0.1) is 26.0 Å². The van der Waals surface area contributed by atoms with E-state index in [9.17, 15) is 4.79 Å². The van der Waals surface area contributed by atoms with Crippen molar-refractivity contribution in [2.24, 2.45) is 0 Å². The normalized spacial score (nSPS) is 11.0. The minimum atomic E-state index is -0.575. The number of nitrogens with zero attached hydrogens (tertiary/aromatic N) is 1. The molecule has 0 radical (unpaired) electrons. The van der Waals surface area contributed by atoms with Crippen LogP contribution >= 0.6 is 23.2 Å². The summed E-state index contributed by atoms with van der Waals surface area (Å²) >= 11 is 11.9. The van der Waals surface area contributed by atoms with Crippen LogP contribution in [0, 0.1) is 0 Å². The number of carbonyl (C=O) groups is 1. The zero-order valence-electron chi connectivity index (χ0n) is 12.4. The van der Waals surface area contributed by atoms with E-state index in [4.69, 9.17) is 37.4 Å². The monoisotopic (exact) mass is 353 g/mol. The Morgan fingerprint density at radius 2 is 1.87 bits per heavy atom. The Morgan fingerprint density at radius 1 is 1.17 bits per heavy atom. The van der Waals surface area contributed by atoms with E-state index >= 15 is 0 Å². The van der Waals surface area contributed by atoms with Crippen molar-refractivity contribution in [2.75, 3.05) is 14.2 Å². The number of rotatable bonds is 5. The van der Waals surface area contributed by atoms with Crippen LogP contribution in [0.25, 0.3) is 5.57 Å². The highest BCUT2D eigenvalue weighted by Crippen LogP contribution is 2.31. The molecule has 2 rings (SSSR count). The number of pyridine rings is 1. The van der Waals surface area contributed by atoms with Crippen molar-refractivity contribution in [3.8, 4) is 11.6 Å². The number of methoxy groups -OCH3 is 2. The lowest BCUT2D eigenvalue weighted by Crippen LogP contribution is -2.06. The smallest absolute Gasteiger partial charge is 0.341 e. The molecule has 120 valence electrons. The number of ether oxygens (including phenoxy) is 3. The molecule has 1 aromatic carbocycles. The maximum atomic E-state index is 11.9. The first kappa shape index (κ1) is 17.1. The van der Waals surface area contributed by atoms with Gasteiger partial charge in [-0.15, -0.1) is 0 Å². The molecule has 5 nitrogen and oxygen atoms in total. The Labute approximate surface area is 143 Å². The molecule has 2 aromatic rings. The molecule has 0 aliphatic carbocycles. The molecule has 0 saturated heterocycles. The predicted octanol–water partition coefficient (Wildman–Crippen LogP) is 4.34. The van der Waals surface area contributed by atoms with Gasteiger partial charge in [0.2, 0.25) is 5.88 Å². The lowest BCUT2D eigenvalue weighted by molar-refractivity contribution is -0.133. The van der Waals surface area contributed by atoms with Gasteiger partial charge in [-0.3, -0.25) is 0 Å². The summed E-state index contributed by atoms with van der Waals surface area (Å²) in [6, 6.07) is 8.09. The minimum absolute atomic E-state index is 0.172. The molecule has 0 fully saturated rings. The summed E-state index contributed by atoms with van der Waals surface area (Å²) in [5.41, 5.74) is 0.587. The third kappa shape index (κ3) is 4.37. The van der Waals surface area contributed by atoms with Crippen LogP contribution in [0.3, 0.4) is 0 Å². The molecular weight excluding hydrogens is 341 g/mol. The summed E-state index contributed by atoms with van der Waals surface area (Å²) in [6.07, 6.45) is 2.80. The van der Waals surface area contributed by atoms with E-state index in [2.05, 4.69) is 4.98 Å². The van der Waals surface area contributed by atoms with E-state index in [0.29, 0.717) is 21.4 Å². The first-order valence-corrected chi connectivity index (χ1v) is 7.21. The average molecular weight is 354 g/mol. The summed E-state index contributed by atoms with van der Waals surface area (Å²) < 4.78 is 15.4. The molecular formula is C16H13Cl2NO4. The minimum Gasteiger partial charge on any atom is -0.503 e. The zero-order chi connectivity index (χ0) is 16.8. The lowest BCUT2D eigenvalue weighted by atomic mass is 10.1. The molecule has 23 heavy (non-hydrogen) atoms. The highest BCUT2D eigenvalue weighted by Gasteiger charge is 2.19. The predicted molar refractivity (Wildman–Crippen MR) is 87.8 cm³/mol. The fraction of sp³-hybridized carbons (Fsp3) is 0.125. The van der Waals surface area contributed by atoms with Crippen LogP contribution in [-0.2, 0) is 14.3 Å². The largest absolute Gasteiger partial charge is 0.503 e. The number of esters is 1. The molecule has 0 amide bonds. The van der Waals surface area contributed by atoms with E-state index in [1.54, 1.807) is 30.3 Å². The second kappa shape index (κ2) is 7.85. The molecule has 0 bridgehead atoms. The third-order valence-corrected chi connectivity index (χ3v) is 3.19. The molecule has 0 spiro atoms. The van der Waals surface area contributed by atoms with Gasteiger partial charge in [0.15, 0.2) is 0 Å². The summed E-state index contributed by atoms with van der Waals surface area (Å²) in [6.45, 7) is 0. The average Bonchev–Trinajstić information content (AvgIpc) is 2.52. The van der Waals surface area contributed by atoms with Gasteiger partial charge in [-0.2, -0.15) is 0 Å². The van der Waals surface area contributed by atoms with Gasteiger partial charge >= 0.3 is 5.97 Å². The van der Waals surface area contributed by atoms with Crippen molar-refractivity contribution in [3.63, 3.8) is 0 Å². The molecule has 0 saturated carbocycles. The molecule has 1 heterocycles. The van der Waals surface area contributed by atoms with E-state index in [-0.39, 0.29) is 11.5 Å². The maximum absolute atomic E-state index is 11.9. The van der Waals surface area contributed by atoms with Gasteiger partial charge in [-0.05, 0) is 30.3 Å². The van der Waals surface area contributed by atoms with Crippen LogP contribution in [0.15, 0.2) is 42.8 Å². The van der Waals surface area contributed by atoms with Crippen molar-refractivity contribution in [1.82, 2.24) is 4.98 Å². The highest BCUT2D eigenvalue weighted by atomic mass is 35.5. The van der Waals surface area contributed by atoms with E-state index in [1.807, 2.05) is 0 Å². The molecule has 0 aliphatic rings. The third-order valence-electron chi connectivity index (χ3n) is 2.75. The molecule has 1 aromatic heterocycles. The topological polar surface area (TPSA) is 57.7 Å². The molecule has 0 aliphatic heterocycles. The maximum Gasteiger partial charge on any atom is 0.341 e. The molecule has 0 atom stereocenters. The van der Waals surface area contributed by atoms with E-state index in [1.165, 1.54) is 26.7 Å². The van der Waals surface area contributed by atoms with E-state index < -0.39 is 5.97 Å². The number of halogens is 2. The van der Waals surface area contributed by atoms with Crippen LogP contribution in [0.2, 0.25) is 10.0 Å². The van der Waals surface area contributed by atoms with Gasteiger partial charge in [-0.1, -0.05) is 23.2 Å². The van der Waals surface area contributed by atoms with Gasteiger partial charge in [0.1, 0.15) is 11.3 Å². The van der Waals surface area contributed by atoms with Gasteiger partial charge in [-0.25, -0.2) is 9.78 Å². The molecule has 0 N–H and O–H groups in total. The van der Waals surface area contributed by atoms with Crippen LogP contribution in [0.5, 0.6) is 11.6 Å². The summed E-state index contributed by atoms with van der Waals surface area (Å²) in [5.74, 6) is 0.0115. The number of carbonyl (C=O) groups excluding carboxylic acids is 1. The molecule has 0 unspecified atom stereocenters. The van der Waals surface area contributed by atoms with Crippen molar-refractivity contribution < 1.29 is 19.0 Å². The Kier molecular flexibility index (Phi) is 5.84. The van der Waals surface area contributed by atoms with Crippen molar-refractivity contribution in [3.05, 3.63) is 58.4 Å². The van der Waals surface area contributed by atoms with Crippen LogP contribution in [-0.4, -0.2) is 25.2 Å². The number of benzene rings is 1. The van der Waals surface area contributed by atoms with Gasteiger partial charge < -0.3 is 14.2 Å². The van der Waals surface area contributed by atoms with Crippen LogP contribution in [0.1, 0.15) is 5.56 Å². The van der Waals surface area contributed by atoms with Crippen molar-refractivity contribution >= 4 is 34.7 Å². The molecule has 7 heteroatoms. The van der Waals surface area contributed by atoms with Gasteiger partial charge in [0.25, 0.3) is 0 Å². The summed E-state index contributed by atoms with van der Waals surface area (Å²) in [7, 11) is 2.70. The second-order valence-electron chi connectivity index (χ2n) is 4.32. The highest BCUT2D eigenvalue weighted by molar-refractivity contribution is 6.34. The Morgan fingerprint density at radius 3 is 2.48 bits per heavy atom. The first-order valence-electron chi connectivity index (χ1n) is 6.45. The fourth-order valence-electron chi connectivity index (χ4n) is 1.83. The van der Waals surface area contributed by atoms with Crippen molar-refractivity contribution in [2.45, 2.75) is 0 Å². The van der Waals surface area contributed by atoms with Gasteiger partial charge in [0, 0.05) is 16.2 Å². The fourth-order valence-corrected chi connectivity index (χ4v) is 2.33. The van der Waals surface area contributed by atoms with Crippen LogP contribution in [0.4, 0.5) is 0 Å². The van der Waals surface area contributed by atoms with Crippen LogP contribution < -0.4 is 4.74 Å². The SMILES string of the molecule is CO/C=C(/C(=O)OC)c1cccnc1Oc1cc(Cl)cc(Cl)c1. The standard InChI is InChI=1S/C16H13Cl2NO4/c1-21-9-14(16(20)22-2)13-4-3-5-19-15(13)23-12-7-10(17)6-11(18)8-12/h3-9H,1-2H3/b14-9+. The number of hydrogen-bond acceptors (Lipinski definition) is 5. The lowest BCUT2D eigenvalue weighted by Gasteiger charge is -2.12. The zero-order valence-corrected chi connectivity index (χ0v) is 13.9. The Hall–Kier alpha value is -2.24. The Bertz CT molecular complexity index is 726. The summed E-state index contributed by atoms with van der Waals surface area (Å²) in [5, 5.41) is 0.844. The Balaban J connectivity index is 2.44.